The van der Waals surface area contributed by atoms with E-state index in [4.69, 9.17) is 0 Å². The zero-order chi connectivity index (χ0) is 17.7. The fourth-order valence-electron chi connectivity index (χ4n) is 2.07. The van der Waals surface area contributed by atoms with Crippen molar-refractivity contribution in [1.29, 1.82) is 0 Å². The van der Waals surface area contributed by atoms with Crippen molar-refractivity contribution in [1.82, 2.24) is 5.43 Å². The van der Waals surface area contributed by atoms with Crippen LogP contribution in [-0.2, 0) is 6.54 Å². The van der Waals surface area contributed by atoms with Crippen LogP contribution >= 0.6 is 0 Å². The minimum absolute atomic E-state index is 0.0131. The van der Waals surface area contributed by atoms with Crippen LogP contribution in [0.2, 0.25) is 0 Å². The average molecular weight is 330 g/mol. The highest BCUT2D eigenvalue weighted by atomic mass is 16.6. The molecule has 0 bridgehead atoms. The first kappa shape index (κ1) is 16.9. The summed E-state index contributed by atoms with van der Waals surface area (Å²) in [4.78, 5) is 20.4. The topological polar surface area (TPSA) is 131 Å². The highest BCUT2D eigenvalue weighted by Gasteiger charge is 2.18. The summed E-state index contributed by atoms with van der Waals surface area (Å²) in [5, 5.41) is 35.5. The smallest absolute Gasteiger partial charge is 0.281 e. The number of nitro benzene ring substituents is 2. The Bertz CT molecular complexity index is 819. The van der Waals surface area contributed by atoms with Crippen LogP contribution in [0.15, 0.2) is 47.6 Å². The molecular weight excluding hydrogens is 316 g/mol. The van der Waals surface area contributed by atoms with Crippen LogP contribution in [0.3, 0.4) is 0 Å². The fraction of sp³-hybridized carbons (Fsp3) is 0.133. The van der Waals surface area contributed by atoms with E-state index in [9.17, 15) is 25.3 Å². The predicted octanol–water partition coefficient (Wildman–Crippen LogP) is 2.72. The van der Waals surface area contributed by atoms with E-state index in [1.54, 1.807) is 25.1 Å². The third-order valence-electron chi connectivity index (χ3n) is 3.29. The Morgan fingerprint density at radius 1 is 1.17 bits per heavy atom. The van der Waals surface area contributed by atoms with Gasteiger partial charge in [0.25, 0.3) is 11.4 Å². The van der Waals surface area contributed by atoms with Crippen LogP contribution in [0.5, 0.6) is 5.75 Å². The lowest BCUT2D eigenvalue weighted by molar-refractivity contribution is -0.394. The first-order chi connectivity index (χ1) is 11.4. The molecule has 0 aliphatic carbocycles. The van der Waals surface area contributed by atoms with Crippen molar-refractivity contribution in [2.75, 3.05) is 0 Å². The monoisotopic (exact) mass is 330 g/mol. The number of aromatic hydroxyl groups is 1. The molecule has 2 N–H and O–H groups in total. The second kappa shape index (κ2) is 7.18. The van der Waals surface area contributed by atoms with E-state index in [2.05, 4.69) is 10.5 Å². The van der Waals surface area contributed by atoms with Gasteiger partial charge in [0.2, 0.25) is 0 Å². The third kappa shape index (κ3) is 3.83. The summed E-state index contributed by atoms with van der Waals surface area (Å²) in [5.41, 5.74) is 3.26. The summed E-state index contributed by atoms with van der Waals surface area (Å²) >= 11 is 0. The second-order valence-electron chi connectivity index (χ2n) is 4.88. The number of rotatable bonds is 6. The molecule has 0 fully saturated rings. The van der Waals surface area contributed by atoms with Gasteiger partial charge in [0, 0.05) is 11.6 Å². The van der Waals surface area contributed by atoms with Gasteiger partial charge in [0.15, 0.2) is 0 Å². The number of nitro groups is 2. The number of benzene rings is 2. The Kier molecular flexibility index (Phi) is 5.05. The molecular formula is C15H14N4O5. The molecule has 0 amide bonds. The molecule has 2 aromatic rings. The van der Waals surface area contributed by atoms with Gasteiger partial charge < -0.3 is 10.5 Å². The van der Waals surface area contributed by atoms with Gasteiger partial charge >= 0.3 is 0 Å². The van der Waals surface area contributed by atoms with Gasteiger partial charge in [-0.2, -0.15) is 5.10 Å². The molecule has 0 aromatic heterocycles. The molecule has 2 rings (SSSR count). The molecule has 9 heteroatoms. The molecule has 0 heterocycles. The number of hydrazone groups is 1. The molecule has 2 aromatic carbocycles. The number of para-hydroxylation sites is 1. The van der Waals surface area contributed by atoms with Crippen molar-refractivity contribution in [3.05, 3.63) is 73.8 Å². The lowest BCUT2D eigenvalue weighted by Crippen LogP contribution is -2.11. The number of nitrogens with zero attached hydrogens (tertiary/aromatic N) is 3. The quantitative estimate of drug-likeness (QED) is 0.475. The minimum Gasteiger partial charge on any atom is -0.507 e. The van der Waals surface area contributed by atoms with E-state index in [1.807, 2.05) is 0 Å². The van der Waals surface area contributed by atoms with Crippen LogP contribution < -0.4 is 5.43 Å². The first-order valence-electron chi connectivity index (χ1n) is 6.87. The average Bonchev–Trinajstić information content (AvgIpc) is 2.55. The molecule has 24 heavy (non-hydrogen) atoms. The zero-order valence-corrected chi connectivity index (χ0v) is 12.7. The van der Waals surface area contributed by atoms with E-state index in [0.29, 0.717) is 11.3 Å². The Morgan fingerprint density at radius 3 is 2.50 bits per heavy atom. The van der Waals surface area contributed by atoms with Crippen molar-refractivity contribution in [2.24, 2.45) is 5.10 Å². The summed E-state index contributed by atoms with van der Waals surface area (Å²) in [6.07, 6.45) is 0. The van der Waals surface area contributed by atoms with Gasteiger partial charge in [-0.05, 0) is 25.1 Å². The molecule has 0 unspecified atom stereocenters. The van der Waals surface area contributed by atoms with Crippen molar-refractivity contribution < 1.29 is 15.0 Å². The molecule has 0 saturated heterocycles. The number of hydrogen-bond donors (Lipinski definition) is 2. The predicted molar refractivity (Wildman–Crippen MR) is 86.9 cm³/mol. The van der Waals surface area contributed by atoms with Gasteiger partial charge in [-0.15, -0.1) is 0 Å². The summed E-state index contributed by atoms with van der Waals surface area (Å²) in [6.45, 7) is 1.69. The third-order valence-corrected chi connectivity index (χ3v) is 3.29. The molecule has 0 aliphatic rings. The Balaban J connectivity index is 2.17. The summed E-state index contributed by atoms with van der Waals surface area (Å²) in [6, 6.07) is 10.1. The SMILES string of the molecule is C/C(=N/NCc1ccc([N+](=O)[O-])cc1[N+](=O)[O-])c1ccccc1O. The number of phenolic OH excluding ortho intramolecular Hbond substituents is 1. The van der Waals surface area contributed by atoms with E-state index < -0.39 is 9.85 Å². The lowest BCUT2D eigenvalue weighted by Gasteiger charge is -2.06. The molecule has 124 valence electrons. The summed E-state index contributed by atoms with van der Waals surface area (Å²) in [5.74, 6) is 0.0712. The molecule has 0 aliphatic heterocycles. The lowest BCUT2D eigenvalue weighted by atomic mass is 10.1. The van der Waals surface area contributed by atoms with Crippen molar-refractivity contribution in [2.45, 2.75) is 13.5 Å². The largest absolute Gasteiger partial charge is 0.507 e. The van der Waals surface area contributed by atoms with Crippen LogP contribution in [0, 0.1) is 20.2 Å². The maximum atomic E-state index is 11.0. The highest BCUT2D eigenvalue weighted by molar-refractivity contribution is 6.00. The van der Waals surface area contributed by atoms with Crippen LogP contribution in [0.4, 0.5) is 11.4 Å². The summed E-state index contributed by atoms with van der Waals surface area (Å²) < 4.78 is 0. The van der Waals surface area contributed by atoms with Gasteiger partial charge in [-0.25, -0.2) is 0 Å². The fourth-order valence-corrected chi connectivity index (χ4v) is 2.07. The molecule has 0 saturated carbocycles. The molecule has 0 spiro atoms. The highest BCUT2D eigenvalue weighted by Crippen LogP contribution is 2.24. The van der Waals surface area contributed by atoms with Gasteiger partial charge in [-0.3, -0.25) is 20.2 Å². The van der Waals surface area contributed by atoms with Gasteiger partial charge in [-0.1, -0.05) is 12.1 Å². The van der Waals surface area contributed by atoms with Crippen molar-refractivity contribution >= 4 is 17.1 Å². The molecule has 0 atom stereocenters. The van der Waals surface area contributed by atoms with E-state index in [-0.39, 0.29) is 29.2 Å². The van der Waals surface area contributed by atoms with Crippen molar-refractivity contribution in [3.8, 4) is 5.75 Å². The first-order valence-corrected chi connectivity index (χ1v) is 6.87. The second-order valence-corrected chi connectivity index (χ2v) is 4.88. The van der Waals surface area contributed by atoms with Crippen LogP contribution in [-0.4, -0.2) is 20.7 Å². The normalized spacial score (nSPS) is 11.1. The maximum Gasteiger partial charge on any atom is 0.281 e. The minimum atomic E-state index is -0.690. The zero-order valence-electron chi connectivity index (χ0n) is 12.7. The number of phenols is 1. The molecule has 0 radical (unpaired) electrons. The van der Waals surface area contributed by atoms with Crippen LogP contribution in [0.1, 0.15) is 18.1 Å². The maximum absolute atomic E-state index is 11.0. The van der Waals surface area contributed by atoms with E-state index in [1.165, 1.54) is 18.2 Å². The number of non-ortho nitro benzene ring substituents is 1. The van der Waals surface area contributed by atoms with Crippen molar-refractivity contribution in [3.63, 3.8) is 0 Å². The van der Waals surface area contributed by atoms with Crippen LogP contribution in [0.25, 0.3) is 0 Å². The number of hydrogen-bond acceptors (Lipinski definition) is 7. The van der Waals surface area contributed by atoms with Gasteiger partial charge in [0.05, 0.1) is 33.7 Å². The standard InChI is InChI=1S/C15H14N4O5/c1-10(13-4-2-3-5-15(13)20)17-16-9-11-6-7-12(18(21)22)8-14(11)19(23)24/h2-8,16,20H,9H2,1H3/b17-10-. The summed E-state index contributed by atoms with van der Waals surface area (Å²) in [7, 11) is 0. The Morgan fingerprint density at radius 2 is 1.88 bits per heavy atom. The Hall–Kier alpha value is -3.49. The Labute approximate surface area is 136 Å². The van der Waals surface area contributed by atoms with E-state index >= 15 is 0 Å². The van der Waals surface area contributed by atoms with E-state index in [0.717, 1.165) is 6.07 Å². The van der Waals surface area contributed by atoms with Gasteiger partial charge in [0.1, 0.15) is 5.75 Å². The molecule has 9 nitrogen and oxygen atoms in total. The number of nitrogens with one attached hydrogen (secondary N) is 1.